The first-order valence-corrected chi connectivity index (χ1v) is 7.71. The Morgan fingerprint density at radius 2 is 1.84 bits per heavy atom. The molecule has 2 N–H and O–H groups in total. The maximum Gasteiger partial charge on any atom is 0.170 e. The molecule has 1 atom stereocenters. The summed E-state index contributed by atoms with van der Waals surface area (Å²) in [7, 11) is 0. The lowest BCUT2D eigenvalue weighted by atomic mass is 10.1. The van der Waals surface area contributed by atoms with E-state index in [-0.39, 0.29) is 0 Å². The Morgan fingerprint density at radius 1 is 1.21 bits per heavy atom. The zero-order valence-electron chi connectivity index (χ0n) is 11.3. The van der Waals surface area contributed by atoms with Gasteiger partial charge in [0.25, 0.3) is 0 Å². The summed E-state index contributed by atoms with van der Waals surface area (Å²) < 4.78 is 0. The number of nitrogens with one attached hydrogen (secondary N) is 2. The van der Waals surface area contributed by atoms with Crippen LogP contribution in [0.1, 0.15) is 39.5 Å². The zero-order valence-corrected chi connectivity index (χ0v) is 13.6. The molecule has 106 valence electrons. The SMILES string of the molecule is CCCCCC(C)NC(=S)Nc1cc(Cl)cc(Cl)c1. The van der Waals surface area contributed by atoms with Crippen molar-refractivity contribution in [2.24, 2.45) is 0 Å². The highest BCUT2D eigenvalue weighted by Gasteiger charge is 2.05. The number of hydrogen-bond acceptors (Lipinski definition) is 1. The molecule has 5 heteroatoms. The van der Waals surface area contributed by atoms with Crippen LogP contribution in [0.4, 0.5) is 5.69 Å². The molecule has 0 fully saturated rings. The van der Waals surface area contributed by atoms with Crippen molar-refractivity contribution in [2.75, 3.05) is 5.32 Å². The van der Waals surface area contributed by atoms with Crippen LogP contribution in [-0.4, -0.2) is 11.2 Å². The first kappa shape index (κ1) is 16.5. The Bertz CT molecular complexity index is 404. The van der Waals surface area contributed by atoms with Crippen LogP contribution in [0, 0.1) is 0 Å². The molecule has 0 aliphatic heterocycles. The number of rotatable bonds is 6. The van der Waals surface area contributed by atoms with Crippen molar-refractivity contribution >= 4 is 46.2 Å². The molecular formula is C14H20Cl2N2S. The summed E-state index contributed by atoms with van der Waals surface area (Å²) in [6.07, 6.45) is 4.83. The molecular weight excluding hydrogens is 299 g/mol. The molecule has 1 unspecified atom stereocenters. The van der Waals surface area contributed by atoms with Gasteiger partial charge < -0.3 is 10.6 Å². The van der Waals surface area contributed by atoms with E-state index in [1.165, 1.54) is 19.3 Å². The lowest BCUT2D eigenvalue weighted by Gasteiger charge is -2.17. The highest BCUT2D eigenvalue weighted by atomic mass is 35.5. The number of anilines is 1. The summed E-state index contributed by atoms with van der Waals surface area (Å²) in [6.45, 7) is 4.34. The molecule has 0 amide bonds. The number of halogens is 2. The van der Waals surface area contributed by atoms with E-state index in [4.69, 9.17) is 35.4 Å². The van der Waals surface area contributed by atoms with Gasteiger partial charge in [-0.25, -0.2) is 0 Å². The summed E-state index contributed by atoms with van der Waals surface area (Å²) in [5, 5.41) is 8.14. The lowest BCUT2D eigenvalue weighted by Crippen LogP contribution is -2.35. The van der Waals surface area contributed by atoms with Crippen molar-refractivity contribution in [1.82, 2.24) is 5.32 Å². The van der Waals surface area contributed by atoms with Crippen molar-refractivity contribution in [3.05, 3.63) is 28.2 Å². The number of benzene rings is 1. The Balaban J connectivity index is 2.42. The third kappa shape index (κ3) is 7.00. The Hall–Kier alpha value is -0.510. The average molecular weight is 319 g/mol. The fourth-order valence-electron chi connectivity index (χ4n) is 1.79. The minimum Gasteiger partial charge on any atom is -0.360 e. The second kappa shape index (κ2) is 8.62. The first-order valence-electron chi connectivity index (χ1n) is 6.55. The van der Waals surface area contributed by atoms with E-state index in [1.54, 1.807) is 18.2 Å². The average Bonchev–Trinajstić information content (AvgIpc) is 2.27. The molecule has 0 saturated carbocycles. The smallest absolute Gasteiger partial charge is 0.170 e. The standard InChI is InChI=1S/C14H20Cl2N2S/c1-3-4-5-6-10(2)17-14(19)18-13-8-11(15)7-12(16)9-13/h7-10H,3-6H2,1-2H3,(H2,17,18,19). The Labute approximate surface area is 130 Å². The molecule has 0 bridgehead atoms. The van der Waals surface area contributed by atoms with E-state index in [2.05, 4.69) is 24.5 Å². The number of unbranched alkanes of at least 4 members (excludes halogenated alkanes) is 2. The maximum atomic E-state index is 5.94. The monoisotopic (exact) mass is 318 g/mol. The van der Waals surface area contributed by atoms with Crippen molar-refractivity contribution in [3.8, 4) is 0 Å². The van der Waals surface area contributed by atoms with Crippen molar-refractivity contribution in [3.63, 3.8) is 0 Å². The summed E-state index contributed by atoms with van der Waals surface area (Å²) >= 11 is 17.1. The van der Waals surface area contributed by atoms with E-state index < -0.39 is 0 Å². The van der Waals surface area contributed by atoms with E-state index in [1.807, 2.05) is 0 Å². The topological polar surface area (TPSA) is 24.1 Å². The van der Waals surface area contributed by atoms with Gasteiger partial charge in [0.05, 0.1) is 0 Å². The second-order valence-electron chi connectivity index (χ2n) is 4.65. The lowest BCUT2D eigenvalue weighted by molar-refractivity contribution is 0.556. The molecule has 0 spiro atoms. The van der Waals surface area contributed by atoms with Gasteiger partial charge in [0, 0.05) is 21.8 Å². The molecule has 1 aromatic carbocycles. The second-order valence-corrected chi connectivity index (χ2v) is 5.93. The molecule has 1 rings (SSSR count). The van der Waals surface area contributed by atoms with Gasteiger partial charge in [-0.3, -0.25) is 0 Å². The number of thiocarbonyl (C=S) groups is 1. The van der Waals surface area contributed by atoms with Gasteiger partial charge >= 0.3 is 0 Å². The van der Waals surface area contributed by atoms with Crippen LogP contribution in [0.15, 0.2) is 18.2 Å². The van der Waals surface area contributed by atoms with Crippen LogP contribution in [-0.2, 0) is 0 Å². The molecule has 0 aliphatic rings. The third-order valence-electron chi connectivity index (χ3n) is 2.74. The van der Waals surface area contributed by atoms with Crippen LogP contribution >= 0.6 is 35.4 Å². The van der Waals surface area contributed by atoms with E-state index in [0.717, 1.165) is 12.1 Å². The van der Waals surface area contributed by atoms with Crippen LogP contribution in [0.3, 0.4) is 0 Å². The van der Waals surface area contributed by atoms with Crippen LogP contribution in [0.5, 0.6) is 0 Å². The van der Waals surface area contributed by atoms with E-state index >= 15 is 0 Å². The molecule has 19 heavy (non-hydrogen) atoms. The molecule has 0 heterocycles. The summed E-state index contributed by atoms with van der Waals surface area (Å²) in [4.78, 5) is 0. The van der Waals surface area contributed by atoms with Gasteiger partial charge in [-0.2, -0.15) is 0 Å². The van der Waals surface area contributed by atoms with Crippen LogP contribution in [0.2, 0.25) is 10.0 Å². The quantitative estimate of drug-likeness (QED) is 0.553. The molecule has 0 radical (unpaired) electrons. The van der Waals surface area contributed by atoms with Crippen molar-refractivity contribution in [2.45, 2.75) is 45.6 Å². The molecule has 1 aromatic rings. The van der Waals surface area contributed by atoms with Gasteiger partial charge in [0.1, 0.15) is 0 Å². The Morgan fingerprint density at radius 3 is 2.42 bits per heavy atom. The minimum absolute atomic E-state index is 0.362. The normalized spacial score (nSPS) is 12.0. The van der Waals surface area contributed by atoms with E-state index in [0.29, 0.717) is 21.2 Å². The van der Waals surface area contributed by atoms with Crippen molar-refractivity contribution < 1.29 is 0 Å². The summed E-state index contributed by atoms with van der Waals surface area (Å²) in [5.41, 5.74) is 0.802. The van der Waals surface area contributed by atoms with Gasteiger partial charge in [0.15, 0.2) is 5.11 Å². The fraction of sp³-hybridized carbons (Fsp3) is 0.500. The van der Waals surface area contributed by atoms with Gasteiger partial charge in [-0.1, -0.05) is 49.4 Å². The molecule has 0 aromatic heterocycles. The predicted octanol–water partition coefficient (Wildman–Crippen LogP) is 5.25. The Kier molecular flexibility index (Phi) is 7.51. The van der Waals surface area contributed by atoms with Gasteiger partial charge in [-0.15, -0.1) is 0 Å². The highest BCUT2D eigenvalue weighted by molar-refractivity contribution is 7.80. The summed E-state index contributed by atoms with van der Waals surface area (Å²) in [6, 6.07) is 5.64. The molecule has 0 saturated heterocycles. The largest absolute Gasteiger partial charge is 0.360 e. The van der Waals surface area contributed by atoms with E-state index in [9.17, 15) is 0 Å². The number of hydrogen-bond donors (Lipinski definition) is 2. The zero-order chi connectivity index (χ0) is 14.3. The van der Waals surface area contributed by atoms with Crippen molar-refractivity contribution in [1.29, 1.82) is 0 Å². The molecule has 0 aliphatic carbocycles. The molecule has 2 nitrogen and oxygen atoms in total. The first-order chi connectivity index (χ1) is 9.01. The minimum atomic E-state index is 0.362. The highest BCUT2D eigenvalue weighted by Crippen LogP contribution is 2.22. The third-order valence-corrected chi connectivity index (χ3v) is 3.39. The summed E-state index contributed by atoms with van der Waals surface area (Å²) in [5.74, 6) is 0. The fourth-order valence-corrected chi connectivity index (χ4v) is 2.63. The van der Waals surface area contributed by atoms with Gasteiger partial charge in [0.2, 0.25) is 0 Å². The maximum absolute atomic E-state index is 5.94. The van der Waals surface area contributed by atoms with Crippen LogP contribution < -0.4 is 10.6 Å². The predicted molar refractivity (Wildman–Crippen MR) is 89.4 cm³/mol. The van der Waals surface area contributed by atoms with Gasteiger partial charge in [-0.05, 0) is 43.8 Å². The van der Waals surface area contributed by atoms with Crippen LogP contribution in [0.25, 0.3) is 0 Å².